The molecule has 28 heavy (non-hydrogen) atoms. The fraction of sp³-hybridized carbons (Fsp3) is 0.364. The van der Waals surface area contributed by atoms with E-state index >= 15 is 0 Å². The molecule has 1 aliphatic rings. The van der Waals surface area contributed by atoms with Crippen LogP contribution in [-0.2, 0) is 4.79 Å². The maximum atomic E-state index is 12.8. The highest BCUT2D eigenvalue weighted by atomic mass is 16.5. The van der Waals surface area contributed by atoms with Crippen LogP contribution in [-0.4, -0.2) is 42.1 Å². The minimum atomic E-state index is -0.572. The van der Waals surface area contributed by atoms with Gasteiger partial charge in [-0.15, -0.1) is 0 Å². The fourth-order valence-corrected chi connectivity index (χ4v) is 3.63. The monoisotopic (exact) mass is 380 g/mol. The highest BCUT2D eigenvalue weighted by Gasteiger charge is 2.30. The van der Waals surface area contributed by atoms with E-state index in [1.54, 1.807) is 14.0 Å². The van der Waals surface area contributed by atoms with Crippen molar-refractivity contribution in [1.29, 1.82) is 0 Å². The number of likely N-dealkylation sites (tertiary alicyclic amines) is 1. The van der Waals surface area contributed by atoms with Crippen LogP contribution in [0.25, 0.3) is 11.1 Å². The second kappa shape index (κ2) is 7.92. The Morgan fingerprint density at radius 3 is 2.50 bits per heavy atom. The zero-order chi connectivity index (χ0) is 19.5. The normalized spacial score (nSPS) is 16.1. The number of amides is 1. The molecule has 4 rings (SSSR count). The van der Waals surface area contributed by atoms with Crippen LogP contribution < -0.4 is 9.47 Å². The van der Waals surface area contributed by atoms with Crippen molar-refractivity contribution in [3.63, 3.8) is 0 Å². The van der Waals surface area contributed by atoms with Crippen LogP contribution in [0.5, 0.6) is 11.5 Å². The third kappa shape index (κ3) is 3.67. The van der Waals surface area contributed by atoms with Crippen LogP contribution in [0, 0.1) is 0 Å². The lowest BCUT2D eigenvalue weighted by molar-refractivity contribution is -0.139. The molecule has 1 fully saturated rings. The fourth-order valence-electron chi connectivity index (χ4n) is 3.63. The highest BCUT2D eigenvalue weighted by Crippen LogP contribution is 2.31. The van der Waals surface area contributed by atoms with Gasteiger partial charge in [-0.1, -0.05) is 24.3 Å². The number of piperidine rings is 1. The van der Waals surface area contributed by atoms with E-state index in [0.717, 1.165) is 29.8 Å². The van der Waals surface area contributed by atoms with Gasteiger partial charge in [0.1, 0.15) is 5.52 Å². The molecule has 0 radical (unpaired) electrons. The van der Waals surface area contributed by atoms with Crippen LogP contribution in [0.4, 0.5) is 0 Å². The number of methoxy groups -OCH3 is 1. The first kappa shape index (κ1) is 18.3. The van der Waals surface area contributed by atoms with E-state index in [9.17, 15) is 4.79 Å². The summed E-state index contributed by atoms with van der Waals surface area (Å²) in [7, 11) is 1.59. The van der Waals surface area contributed by atoms with Crippen LogP contribution in [0.15, 0.2) is 52.9 Å². The summed E-state index contributed by atoms with van der Waals surface area (Å²) in [6.45, 7) is 3.12. The van der Waals surface area contributed by atoms with Crippen LogP contribution in [0.2, 0.25) is 0 Å². The van der Waals surface area contributed by atoms with Crippen molar-refractivity contribution in [2.75, 3.05) is 20.2 Å². The van der Waals surface area contributed by atoms with E-state index < -0.39 is 6.10 Å². The second-order valence-corrected chi connectivity index (χ2v) is 7.03. The molecule has 0 unspecified atom stereocenters. The molecule has 2 aromatic carbocycles. The summed E-state index contributed by atoms with van der Waals surface area (Å²) in [4.78, 5) is 19.3. The molecule has 0 bridgehead atoms. The van der Waals surface area contributed by atoms with E-state index in [2.05, 4.69) is 4.98 Å². The Kier molecular flexibility index (Phi) is 5.19. The molecule has 0 saturated carbocycles. The highest BCUT2D eigenvalue weighted by molar-refractivity contribution is 5.81. The number of hydrogen-bond donors (Lipinski definition) is 0. The van der Waals surface area contributed by atoms with Crippen LogP contribution in [0.3, 0.4) is 0 Å². The Labute approximate surface area is 164 Å². The summed E-state index contributed by atoms with van der Waals surface area (Å²) in [6.07, 6.45) is 1.09. The van der Waals surface area contributed by atoms with Gasteiger partial charge < -0.3 is 18.8 Å². The summed E-state index contributed by atoms with van der Waals surface area (Å²) < 4.78 is 17.0. The molecule has 1 saturated heterocycles. The van der Waals surface area contributed by atoms with E-state index in [0.29, 0.717) is 24.6 Å². The maximum absolute atomic E-state index is 12.8. The molecule has 1 amide bonds. The molecule has 1 atom stereocenters. The van der Waals surface area contributed by atoms with Crippen molar-refractivity contribution >= 4 is 17.0 Å². The lowest BCUT2D eigenvalue weighted by Crippen LogP contribution is -2.44. The predicted molar refractivity (Wildman–Crippen MR) is 106 cm³/mol. The number of aromatic nitrogens is 1. The summed E-state index contributed by atoms with van der Waals surface area (Å²) >= 11 is 0. The molecule has 0 spiro atoms. The third-order valence-corrected chi connectivity index (χ3v) is 5.19. The van der Waals surface area contributed by atoms with Gasteiger partial charge >= 0.3 is 0 Å². The Hall–Kier alpha value is -3.02. The molecule has 3 aromatic rings. The average Bonchev–Trinajstić information content (AvgIpc) is 3.18. The van der Waals surface area contributed by atoms with E-state index in [1.165, 1.54) is 0 Å². The molecule has 1 aliphatic heterocycles. The number of para-hydroxylation sites is 4. The number of benzene rings is 2. The molecular weight excluding hydrogens is 356 g/mol. The quantitative estimate of drug-likeness (QED) is 0.669. The maximum Gasteiger partial charge on any atom is 0.263 e. The summed E-state index contributed by atoms with van der Waals surface area (Å²) in [5.74, 6) is 2.19. The molecule has 6 nitrogen and oxygen atoms in total. The van der Waals surface area contributed by atoms with Gasteiger partial charge in [-0.3, -0.25) is 4.79 Å². The Morgan fingerprint density at radius 1 is 1.11 bits per heavy atom. The zero-order valence-corrected chi connectivity index (χ0v) is 16.1. The van der Waals surface area contributed by atoms with Crippen molar-refractivity contribution < 1.29 is 18.7 Å². The summed E-state index contributed by atoms with van der Waals surface area (Å²) in [5.41, 5.74) is 1.70. The first-order valence-electron chi connectivity index (χ1n) is 9.59. The van der Waals surface area contributed by atoms with Gasteiger partial charge in [-0.2, -0.15) is 0 Å². The molecule has 6 heteroatoms. The number of ether oxygens (including phenoxy) is 2. The number of rotatable bonds is 5. The number of carbonyl (C=O) groups is 1. The summed E-state index contributed by atoms with van der Waals surface area (Å²) in [6, 6.07) is 15.1. The molecule has 0 N–H and O–H groups in total. The lowest BCUT2D eigenvalue weighted by Gasteiger charge is -2.32. The number of nitrogens with zero attached hydrogens (tertiary/aromatic N) is 2. The van der Waals surface area contributed by atoms with Crippen molar-refractivity contribution in [2.24, 2.45) is 0 Å². The van der Waals surface area contributed by atoms with Crippen molar-refractivity contribution in [2.45, 2.75) is 31.8 Å². The minimum Gasteiger partial charge on any atom is -0.493 e. The SMILES string of the molecule is COc1ccccc1O[C@H](C)C(=O)N1CCC(c2nc3ccccc3o2)CC1. The van der Waals surface area contributed by atoms with Gasteiger partial charge in [0.2, 0.25) is 0 Å². The lowest BCUT2D eigenvalue weighted by atomic mass is 9.96. The number of fused-ring (bicyclic) bond motifs is 1. The number of oxazole rings is 1. The van der Waals surface area contributed by atoms with Gasteiger partial charge in [0.25, 0.3) is 5.91 Å². The van der Waals surface area contributed by atoms with Gasteiger partial charge in [-0.05, 0) is 44.0 Å². The zero-order valence-electron chi connectivity index (χ0n) is 16.1. The number of hydrogen-bond acceptors (Lipinski definition) is 5. The Balaban J connectivity index is 1.36. The average molecular weight is 380 g/mol. The van der Waals surface area contributed by atoms with Gasteiger partial charge in [0, 0.05) is 19.0 Å². The largest absolute Gasteiger partial charge is 0.493 e. The van der Waals surface area contributed by atoms with Crippen LogP contribution in [0.1, 0.15) is 31.6 Å². The third-order valence-electron chi connectivity index (χ3n) is 5.19. The van der Waals surface area contributed by atoms with E-state index in [-0.39, 0.29) is 11.8 Å². The molecule has 146 valence electrons. The van der Waals surface area contributed by atoms with Gasteiger partial charge in [-0.25, -0.2) is 4.98 Å². The first-order chi connectivity index (χ1) is 13.7. The molecular formula is C22H24N2O4. The standard InChI is InChI=1S/C22H24N2O4/c1-15(27-20-10-6-5-9-19(20)26-2)22(25)24-13-11-16(12-14-24)21-23-17-7-3-4-8-18(17)28-21/h3-10,15-16H,11-14H2,1-2H3/t15-/m1/s1. The van der Waals surface area contributed by atoms with Gasteiger partial charge in [0.05, 0.1) is 7.11 Å². The Bertz CT molecular complexity index is 927. The number of carbonyl (C=O) groups excluding carboxylic acids is 1. The van der Waals surface area contributed by atoms with E-state index in [4.69, 9.17) is 13.9 Å². The van der Waals surface area contributed by atoms with Gasteiger partial charge in [0.15, 0.2) is 29.1 Å². The molecule has 0 aliphatic carbocycles. The second-order valence-electron chi connectivity index (χ2n) is 7.03. The molecule has 1 aromatic heterocycles. The van der Waals surface area contributed by atoms with Crippen LogP contribution >= 0.6 is 0 Å². The topological polar surface area (TPSA) is 64.8 Å². The van der Waals surface area contributed by atoms with Crippen molar-refractivity contribution in [3.05, 3.63) is 54.4 Å². The summed E-state index contributed by atoms with van der Waals surface area (Å²) in [5, 5.41) is 0. The predicted octanol–water partition coefficient (Wildman–Crippen LogP) is 4.01. The van der Waals surface area contributed by atoms with Crippen molar-refractivity contribution in [1.82, 2.24) is 9.88 Å². The Morgan fingerprint density at radius 2 is 1.79 bits per heavy atom. The van der Waals surface area contributed by atoms with E-state index in [1.807, 2.05) is 53.4 Å². The van der Waals surface area contributed by atoms with Crippen molar-refractivity contribution in [3.8, 4) is 11.5 Å². The smallest absolute Gasteiger partial charge is 0.263 e. The first-order valence-corrected chi connectivity index (χ1v) is 9.59. The molecule has 2 heterocycles. The minimum absolute atomic E-state index is 0.0121.